The van der Waals surface area contributed by atoms with Crippen molar-refractivity contribution in [2.45, 2.75) is 13.5 Å². The van der Waals surface area contributed by atoms with Crippen molar-refractivity contribution < 1.29 is 9.59 Å². The predicted molar refractivity (Wildman–Crippen MR) is 120 cm³/mol. The van der Waals surface area contributed by atoms with Gasteiger partial charge in [-0.1, -0.05) is 54.6 Å². The zero-order valence-electron chi connectivity index (χ0n) is 16.8. The molecule has 1 aromatic heterocycles. The van der Waals surface area contributed by atoms with E-state index in [2.05, 4.69) is 15.7 Å². The highest BCUT2D eigenvalue weighted by molar-refractivity contribution is 6.11. The Balaban J connectivity index is 1.72. The standard InChI is InChI=1S/C24H20N4O3/c1-16(29)25-18-10-7-11-19(14-18)26-23(30)22-20-12-5-6-13-21(20)24(31)28(27-22)15-17-8-3-2-4-9-17/h2-14H,15H2,1H3,(H,25,29)(H,26,30). The van der Waals surface area contributed by atoms with E-state index in [0.29, 0.717) is 22.1 Å². The van der Waals surface area contributed by atoms with Crippen LogP contribution in [0.25, 0.3) is 10.8 Å². The van der Waals surface area contributed by atoms with Gasteiger partial charge in [-0.3, -0.25) is 14.4 Å². The second-order valence-corrected chi connectivity index (χ2v) is 7.06. The minimum absolute atomic E-state index is 0.149. The van der Waals surface area contributed by atoms with Gasteiger partial charge in [-0.2, -0.15) is 5.10 Å². The summed E-state index contributed by atoms with van der Waals surface area (Å²) in [6, 6.07) is 23.2. The number of hydrogen-bond acceptors (Lipinski definition) is 4. The maximum absolute atomic E-state index is 13.1. The number of amides is 2. The molecule has 154 valence electrons. The average molecular weight is 412 g/mol. The van der Waals surface area contributed by atoms with Crippen LogP contribution in [0, 0.1) is 0 Å². The summed E-state index contributed by atoms with van der Waals surface area (Å²) in [6.45, 7) is 1.67. The van der Waals surface area contributed by atoms with E-state index in [1.807, 2.05) is 30.3 Å². The maximum atomic E-state index is 13.1. The van der Waals surface area contributed by atoms with Crippen molar-refractivity contribution in [3.05, 3.63) is 100 Å². The van der Waals surface area contributed by atoms with E-state index in [0.717, 1.165) is 5.56 Å². The van der Waals surface area contributed by atoms with Crippen molar-refractivity contribution in [1.82, 2.24) is 9.78 Å². The number of anilines is 2. The van der Waals surface area contributed by atoms with Crippen LogP contribution in [0.4, 0.5) is 11.4 Å². The number of hydrogen-bond donors (Lipinski definition) is 2. The number of fused-ring (bicyclic) bond motifs is 1. The third-order valence-corrected chi connectivity index (χ3v) is 4.70. The quantitative estimate of drug-likeness (QED) is 0.523. The molecule has 0 aliphatic carbocycles. The first-order chi connectivity index (χ1) is 15.0. The monoisotopic (exact) mass is 412 g/mol. The molecular formula is C24H20N4O3. The third-order valence-electron chi connectivity index (χ3n) is 4.70. The SMILES string of the molecule is CC(=O)Nc1cccc(NC(=O)c2nn(Cc3ccccc3)c(=O)c3ccccc23)c1. The fourth-order valence-corrected chi connectivity index (χ4v) is 3.33. The maximum Gasteiger partial charge on any atom is 0.276 e. The van der Waals surface area contributed by atoms with Gasteiger partial charge in [0.25, 0.3) is 11.5 Å². The molecule has 0 spiro atoms. The molecule has 0 aliphatic heterocycles. The molecule has 0 saturated heterocycles. The molecule has 0 unspecified atom stereocenters. The fourth-order valence-electron chi connectivity index (χ4n) is 3.33. The second kappa shape index (κ2) is 8.62. The first-order valence-corrected chi connectivity index (χ1v) is 9.74. The van der Waals surface area contributed by atoms with Crippen LogP contribution in [0.5, 0.6) is 0 Å². The molecule has 0 saturated carbocycles. The fraction of sp³-hybridized carbons (Fsp3) is 0.0833. The first-order valence-electron chi connectivity index (χ1n) is 9.74. The Morgan fingerprint density at radius 3 is 2.19 bits per heavy atom. The van der Waals surface area contributed by atoms with Crippen LogP contribution in [-0.2, 0) is 11.3 Å². The molecule has 31 heavy (non-hydrogen) atoms. The molecule has 0 radical (unpaired) electrons. The highest BCUT2D eigenvalue weighted by Gasteiger charge is 2.17. The molecule has 0 fully saturated rings. The van der Waals surface area contributed by atoms with Gasteiger partial charge in [-0.15, -0.1) is 0 Å². The lowest BCUT2D eigenvalue weighted by molar-refractivity contribution is -0.114. The van der Waals surface area contributed by atoms with Crippen LogP contribution in [0.3, 0.4) is 0 Å². The van der Waals surface area contributed by atoms with Crippen LogP contribution in [-0.4, -0.2) is 21.6 Å². The summed E-state index contributed by atoms with van der Waals surface area (Å²) in [5.41, 5.74) is 1.86. The van der Waals surface area contributed by atoms with Gasteiger partial charge in [0.2, 0.25) is 5.91 Å². The Bertz CT molecular complexity index is 1330. The zero-order chi connectivity index (χ0) is 21.8. The number of nitrogens with one attached hydrogen (secondary N) is 2. The van der Waals surface area contributed by atoms with Gasteiger partial charge in [0, 0.05) is 23.7 Å². The summed E-state index contributed by atoms with van der Waals surface area (Å²) < 4.78 is 1.31. The van der Waals surface area contributed by atoms with Crippen LogP contribution >= 0.6 is 0 Å². The van der Waals surface area contributed by atoms with Gasteiger partial charge in [-0.05, 0) is 29.8 Å². The molecule has 7 heteroatoms. The van der Waals surface area contributed by atoms with Crippen LogP contribution in [0.1, 0.15) is 23.0 Å². The van der Waals surface area contributed by atoms with Crippen LogP contribution < -0.4 is 16.2 Å². The molecular weight excluding hydrogens is 392 g/mol. The lowest BCUT2D eigenvalue weighted by Crippen LogP contribution is -2.28. The van der Waals surface area contributed by atoms with Gasteiger partial charge in [0.05, 0.1) is 11.9 Å². The van der Waals surface area contributed by atoms with Crippen molar-refractivity contribution in [3.63, 3.8) is 0 Å². The van der Waals surface area contributed by atoms with E-state index >= 15 is 0 Å². The Hall–Kier alpha value is -4.26. The van der Waals surface area contributed by atoms with Crippen molar-refractivity contribution >= 4 is 34.0 Å². The minimum atomic E-state index is -0.446. The van der Waals surface area contributed by atoms with Crippen LogP contribution in [0.15, 0.2) is 83.7 Å². The molecule has 3 aromatic carbocycles. The Morgan fingerprint density at radius 1 is 0.839 bits per heavy atom. The molecule has 2 N–H and O–H groups in total. The van der Waals surface area contributed by atoms with Gasteiger partial charge >= 0.3 is 0 Å². The van der Waals surface area contributed by atoms with Crippen LogP contribution in [0.2, 0.25) is 0 Å². The van der Waals surface area contributed by atoms with Crippen molar-refractivity contribution in [2.24, 2.45) is 0 Å². The predicted octanol–water partition coefficient (Wildman–Crippen LogP) is 3.66. The molecule has 0 atom stereocenters. The topological polar surface area (TPSA) is 93.1 Å². The number of nitrogens with zero attached hydrogens (tertiary/aromatic N) is 2. The summed E-state index contributed by atoms with van der Waals surface area (Å²) in [7, 11) is 0. The first kappa shape index (κ1) is 20.0. The molecule has 4 aromatic rings. The number of carbonyl (C=O) groups is 2. The second-order valence-electron chi connectivity index (χ2n) is 7.06. The smallest absolute Gasteiger partial charge is 0.276 e. The Morgan fingerprint density at radius 2 is 1.48 bits per heavy atom. The molecule has 1 heterocycles. The van der Waals surface area contributed by atoms with Crippen molar-refractivity contribution in [2.75, 3.05) is 10.6 Å². The normalized spacial score (nSPS) is 10.6. The van der Waals surface area contributed by atoms with E-state index in [4.69, 9.17) is 0 Å². The van der Waals surface area contributed by atoms with E-state index in [9.17, 15) is 14.4 Å². The number of rotatable bonds is 5. The summed E-state index contributed by atoms with van der Waals surface area (Å²) >= 11 is 0. The summed E-state index contributed by atoms with van der Waals surface area (Å²) in [4.78, 5) is 37.3. The summed E-state index contributed by atoms with van der Waals surface area (Å²) in [5, 5.41) is 10.8. The van der Waals surface area contributed by atoms with Crippen molar-refractivity contribution in [3.8, 4) is 0 Å². The average Bonchev–Trinajstić information content (AvgIpc) is 2.76. The van der Waals surface area contributed by atoms with E-state index in [1.165, 1.54) is 11.6 Å². The van der Waals surface area contributed by atoms with Gasteiger partial charge in [0.15, 0.2) is 5.69 Å². The number of carbonyl (C=O) groups excluding carboxylic acids is 2. The van der Waals surface area contributed by atoms with E-state index < -0.39 is 5.91 Å². The molecule has 0 aliphatic rings. The Labute approximate surface area is 178 Å². The summed E-state index contributed by atoms with van der Waals surface area (Å²) in [6.07, 6.45) is 0. The van der Waals surface area contributed by atoms with Gasteiger partial charge in [0.1, 0.15) is 0 Å². The lowest BCUT2D eigenvalue weighted by Gasteiger charge is -2.12. The highest BCUT2D eigenvalue weighted by atomic mass is 16.2. The number of aromatic nitrogens is 2. The van der Waals surface area contributed by atoms with Gasteiger partial charge < -0.3 is 10.6 Å². The number of benzene rings is 3. The minimum Gasteiger partial charge on any atom is -0.326 e. The highest BCUT2D eigenvalue weighted by Crippen LogP contribution is 2.18. The zero-order valence-corrected chi connectivity index (χ0v) is 16.8. The van der Waals surface area contributed by atoms with E-state index in [-0.39, 0.29) is 23.7 Å². The largest absolute Gasteiger partial charge is 0.326 e. The molecule has 0 bridgehead atoms. The van der Waals surface area contributed by atoms with Crippen molar-refractivity contribution in [1.29, 1.82) is 0 Å². The molecule has 2 amide bonds. The van der Waals surface area contributed by atoms with E-state index in [1.54, 1.807) is 48.5 Å². The molecule has 4 rings (SSSR count). The molecule has 7 nitrogen and oxygen atoms in total. The van der Waals surface area contributed by atoms with Gasteiger partial charge in [-0.25, -0.2) is 4.68 Å². The third kappa shape index (κ3) is 4.51. The lowest BCUT2D eigenvalue weighted by atomic mass is 10.1. The summed E-state index contributed by atoms with van der Waals surface area (Å²) in [5.74, 6) is -0.651. The Kier molecular flexibility index (Phi) is 5.57.